The molecule has 23 heavy (non-hydrogen) atoms. The third kappa shape index (κ3) is 2.61. The lowest BCUT2D eigenvalue weighted by Gasteiger charge is -2.50. The topological polar surface area (TPSA) is 140 Å². The van der Waals surface area contributed by atoms with Crippen LogP contribution in [0, 0.1) is 5.92 Å². The normalized spacial score (nSPS) is 57.3. The number of fused-ring (bicyclic) bond motifs is 2. The van der Waals surface area contributed by atoms with Crippen LogP contribution in [-0.4, -0.2) is 70.0 Å². The number of aliphatic hydroxyl groups is 3. The molecule has 2 heterocycles. The minimum atomic E-state index is -1.97. The maximum Gasteiger partial charge on any atom is 0.248 e. The Labute approximate surface area is 135 Å². The maximum atomic E-state index is 11.0. The van der Waals surface area contributed by atoms with Crippen LogP contribution in [0.4, 0.5) is 0 Å². The van der Waals surface area contributed by atoms with Crippen molar-refractivity contribution in [2.45, 2.75) is 81.2 Å². The molecule has 134 valence electrons. The average molecular weight is 332 g/mol. The van der Waals surface area contributed by atoms with Crippen LogP contribution in [0.3, 0.4) is 0 Å². The van der Waals surface area contributed by atoms with Gasteiger partial charge in [-0.25, -0.2) is 0 Å². The van der Waals surface area contributed by atoms with Gasteiger partial charge in [0.1, 0.15) is 5.60 Å². The molecule has 3 fully saturated rings. The zero-order valence-electron chi connectivity index (χ0n) is 13.6. The van der Waals surface area contributed by atoms with Crippen LogP contribution in [0.15, 0.2) is 0 Å². The molecule has 1 saturated carbocycles. The number of hydrogen-bond donors (Lipinski definition) is 5. The molecule has 9 unspecified atom stereocenters. The molecular formula is C15H28N2O6. The quantitative estimate of drug-likeness (QED) is 0.387. The Kier molecular flexibility index (Phi) is 4.48. The van der Waals surface area contributed by atoms with Crippen LogP contribution >= 0.6 is 0 Å². The summed E-state index contributed by atoms with van der Waals surface area (Å²) in [5.41, 5.74) is 10.5. The zero-order chi connectivity index (χ0) is 17.0. The first-order chi connectivity index (χ1) is 10.7. The molecule has 2 aliphatic heterocycles. The van der Waals surface area contributed by atoms with Gasteiger partial charge in [0, 0.05) is 24.4 Å². The minimum Gasteiger partial charge on any atom is -0.390 e. The molecule has 1 aliphatic carbocycles. The molecule has 2 saturated heterocycles. The molecule has 8 nitrogen and oxygen atoms in total. The second-order valence-electron chi connectivity index (χ2n) is 7.18. The molecule has 0 spiro atoms. The average Bonchev–Trinajstić information content (AvgIpc) is 2.63. The Morgan fingerprint density at radius 1 is 1.22 bits per heavy atom. The Balaban J connectivity index is 1.91. The number of rotatable bonds is 1. The third-order valence-corrected chi connectivity index (χ3v) is 5.66. The van der Waals surface area contributed by atoms with Crippen LogP contribution < -0.4 is 11.5 Å². The molecule has 0 aromatic carbocycles. The van der Waals surface area contributed by atoms with Crippen molar-refractivity contribution in [3.8, 4) is 0 Å². The Morgan fingerprint density at radius 3 is 2.57 bits per heavy atom. The van der Waals surface area contributed by atoms with Crippen molar-refractivity contribution < 1.29 is 29.5 Å². The van der Waals surface area contributed by atoms with Crippen LogP contribution in [0.25, 0.3) is 0 Å². The summed E-state index contributed by atoms with van der Waals surface area (Å²) >= 11 is 0. The zero-order valence-corrected chi connectivity index (χ0v) is 13.6. The highest BCUT2D eigenvalue weighted by molar-refractivity contribution is 5.05. The fourth-order valence-electron chi connectivity index (χ4n) is 4.04. The smallest absolute Gasteiger partial charge is 0.248 e. The summed E-state index contributed by atoms with van der Waals surface area (Å²) in [7, 11) is 0. The minimum absolute atomic E-state index is 0.0582. The second kappa shape index (κ2) is 5.89. The van der Waals surface area contributed by atoms with Gasteiger partial charge in [0.2, 0.25) is 12.1 Å². The van der Waals surface area contributed by atoms with E-state index in [4.69, 9.17) is 25.7 Å². The highest BCUT2D eigenvalue weighted by atomic mass is 16.8. The SMILES string of the molecule is CCC1(O)CC(C)OC2OC3CC(N)C(O)C(N)C3COC21O. The summed E-state index contributed by atoms with van der Waals surface area (Å²) in [5.74, 6) is -2.31. The van der Waals surface area contributed by atoms with E-state index >= 15 is 0 Å². The van der Waals surface area contributed by atoms with E-state index in [2.05, 4.69) is 0 Å². The Bertz CT molecular complexity index is 454. The van der Waals surface area contributed by atoms with Gasteiger partial charge in [0.05, 0.1) is 24.9 Å². The summed E-state index contributed by atoms with van der Waals surface area (Å²) in [6, 6.07) is -1.14. The van der Waals surface area contributed by atoms with Crippen LogP contribution in [0.2, 0.25) is 0 Å². The van der Waals surface area contributed by atoms with Gasteiger partial charge in [-0.05, 0) is 19.8 Å². The van der Waals surface area contributed by atoms with E-state index in [1.165, 1.54) is 0 Å². The molecule has 0 radical (unpaired) electrons. The molecule has 0 bridgehead atoms. The lowest BCUT2D eigenvalue weighted by atomic mass is 9.78. The van der Waals surface area contributed by atoms with Crippen molar-refractivity contribution in [1.29, 1.82) is 0 Å². The van der Waals surface area contributed by atoms with Gasteiger partial charge >= 0.3 is 0 Å². The fraction of sp³-hybridized carbons (Fsp3) is 1.00. The fourth-order valence-corrected chi connectivity index (χ4v) is 4.04. The molecule has 8 heteroatoms. The molecule has 0 amide bonds. The van der Waals surface area contributed by atoms with E-state index in [0.29, 0.717) is 12.8 Å². The Hall–Kier alpha value is -0.320. The van der Waals surface area contributed by atoms with Gasteiger partial charge in [-0.1, -0.05) is 6.92 Å². The highest BCUT2D eigenvalue weighted by Gasteiger charge is 2.63. The van der Waals surface area contributed by atoms with Crippen molar-refractivity contribution in [3.63, 3.8) is 0 Å². The van der Waals surface area contributed by atoms with E-state index in [1.54, 1.807) is 6.92 Å². The van der Waals surface area contributed by atoms with E-state index in [1.807, 2.05) is 6.92 Å². The van der Waals surface area contributed by atoms with Crippen LogP contribution in [-0.2, 0) is 14.2 Å². The number of hydrogen-bond acceptors (Lipinski definition) is 8. The van der Waals surface area contributed by atoms with Crippen molar-refractivity contribution in [1.82, 2.24) is 0 Å². The van der Waals surface area contributed by atoms with Crippen molar-refractivity contribution in [2.24, 2.45) is 17.4 Å². The predicted molar refractivity (Wildman–Crippen MR) is 80.0 cm³/mol. The lowest BCUT2D eigenvalue weighted by Crippen LogP contribution is -2.68. The van der Waals surface area contributed by atoms with Gasteiger partial charge in [0.15, 0.2) is 0 Å². The second-order valence-corrected chi connectivity index (χ2v) is 7.18. The van der Waals surface area contributed by atoms with Crippen molar-refractivity contribution >= 4 is 0 Å². The first-order valence-electron chi connectivity index (χ1n) is 8.30. The molecule has 0 aromatic rings. The van der Waals surface area contributed by atoms with E-state index in [-0.39, 0.29) is 25.0 Å². The summed E-state index contributed by atoms with van der Waals surface area (Å²) in [6.07, 6.45) is -1.76. The lowest BCUT2D eigenvalue weighted by molar-refractivity contribution is -0.419. The highest BCUT2D eigenvalue weighted by Crippen LogP contribution is 2.45. The van der Waals surface area contributed by atoms with Crippen LogP contribution in [0.1, 0.15) is 33.1 Å². The number of ether oxygens (including phenoxy) is 3. The maximum absolute atomic E-state index is 11.0. The van der Waals surface area contributed by atoms with Gasteiger partial charge in [-0.3, -0.25) is 0 Å². The molecule has 3 rings (SSSR count). The van der Waals surface area contributed by atoms with E-state index in [9.17, 15) is 15.3 Å². The number of nitrogens with two attached hydrogens (primary N) is 2. The molecular weight excluding hydrogens is 304 g/mol. The molecule has 3 aliphatic rings. The molecule has 7 N–H and O–H groups in total. The molecule has 0 aromatic heterocycles. The van der Waals surface area contributed by atoms with Crippen molar-refractivity contribution in [2.75, 3.05) is 6.61 Å². The van der Waals surface area contributed by atoms with Gasteiger partial charge in [-0.2, -0.15) is 0 Å². The molecule has 9 atom stereocenters. The monoisotopic (exact) mass is 332 g/mol. The van der Waals surface area contributed by atoms with E-state index in [0.717, 1.165) is 0 Å². The standard InChI is InChI=1S/C15H28N2O6/c1-3-14(19)5-7(2)22-13-15(14,20)21-6-8-10(23-13)4-9(16)12(18)11(8)17/h7-13,18-20H,3-6,16-17H2,1-2H3. The van der Waals surface area contributed by atoms with Gasteiger partial charge in [-0.15, -0.1) is 0 Å². The summed E-state index contributed by atoms with van der Waals surface area (Å²) in [4.78, 5) is 0. The Morgan fingerprint density at radius 2 is 1.91 bits per heavy atom. The first-order valence-corrected chi connectivity index (χ1v) is 8.30. The predicted octanol–water partition coefficient (Wildman–Crippen LogP) is -1.60. The van der Waals surface area contributed by atoms with Gasteiger partial charge in [0.25, 0.3) is 0 Å². The van der Waals surface area contributed by atoms with Crippen molar-refractivity contribution in [3.05, 3.63) is 0 Å². The summed E-state index contributed by atoms with van der Waals surface area (Å²) in [5, 5.41) is 32.0. The first kappa shape index (κ1) is 17.5. The largest absolute Gasteiger partial charge is 0.390 e. The third-order valence-electron chi connectivity index (χ3n) is 5.66. The summed E-state index contributed by atoms with van der Waals surface area (Å²) < 4.78 is 17.4. The number of aliphatic hydroxyl groups excluding tert-OH is 1. The van der Waals surface area contributed by atoms with Gasteiger partial charge < -0.3 is 41.0 Å². The van der Waals surface area contributed by atoms with Crippen LogP contribution in [0.5, 0.6) is 0 Å². The summed E-state index contributed by atoms with van der Waals surface area (Å²) in [6.45, 7) is 3.65. The van der Waals surface area contributed by atoms with E-state index < -0.39 is 42.0 Å².